The van der Waals surface area contributed by atoms with Crippen molar-refractivity contribution in [2.75, 3.05) is 19.8 Å². The van der Waals surface area contributed by atoms with E-state index in [2.05, 4.69) is 15.4 Å². The molecule has 0 atom stereocenters. The predicted molar refractivity (Wildman–Crippen MR) is 116 cm³/mol. The number of amides is 2. The van der Waals surface area contributed by atoms with Crippen LogP contribution in [0.2, 0.25) is 0 Å². The average molecular weight is 520 g/mol. The Balaban J connectivity index is 2.09. The maximum Gasteiger partial charge on any atom is 0.573 e. The van der Waals surface area contributed by atoms with E-state index in [0.29, 0.717) is 0 Å². The first-order valence-electron chi connectivity index (χ1n) is 10.4. The number of ether oxygens (including phenoxy) is 2. The van der Waals surface area contributed by atoms with Crippen LogP contribution in [0.5, 0.6) is 11.5 Å². The standard InChI is InChI=1S/C23H22F6N2O5/c24-22(25,26)10-1-13-35-17-8-4-16(5-9-17)20(33)31-19(21(34)30-11-12-32)14-15-2-6-18(7-3-15)36-23(27,28)29/h2-9,14,32H,1,10-13H2,(H,30,34)(H,31,33)/b19-14-. The summed E-state index contributed by atoms with van der Waals surface area (Å²) < 4.78 is 82.5. The van der Waals surface area contributed by atoms with E-state index in [1.165, 1.54) is 42.5 Å². The fourth-order valence-electron chi connectivity index (χ4n) is 2.72. The summed E-state index contributed by atoms with van der Waals surface area (Å²) in [6.07, 6.45) is -9.16. The Labute approximate surface area is 201 Å². The van der Waals surface area contributed by atoms with Crippen LogP contribution in [0.4, 0.5) is 26.3 Å². The Hall–Kier alpha value is -3.74. The molecule has 13 heteroatoms. The van der Waals surface area contributed by atoms with Gasteiger partial charge in [-0.2, -0.15) is 13.2 Å². The fraction of sp³-hybridized carbons (Fsp3) is 0.304. The molecule has 0 radical (unpaired) electrons. The Morgan fingerprint density at radius 2 is 1.53 bits per heavy atom. The number of halogens is 6. The van der Waals surface area contributed by atoms with Crippen molar-refractivity contribution in [1.29, 1.82) is 0 Å². The molecule has 0 bridgehead atoms. The molecule has 7 nitrogen and oxygen atoms in total. The average Bonchev–Trinajstić information content (AvgIpc) is 2.80. The van der Waals surface area contributed by atoms with Gasteiger partial charge in [0.05, 0.1) is 13.2 Å². The van der Waals surface area contributed by atoms with Crippen molar-refractivity contribution in [3.63, 3.8) is 0 Å². The van der Waals surface area contributed by atoms with Gasteiger partial charge in [0.15, 0.2) is 0 Å². The van der Waals surface area contributed by atoms with Crippen LogP contribution < -0.4 is 20.1 Å². The molecule has 0 aliphatic heterocycles. The van der Waals surface area contributed by atoms with Crippen molar-refractivity contribution < 1.29 is 50.5 Å². The number of hydrogen-bond acceptors (Lipinski definition) is 5. The zero-order chi connectivity index (χ0) is 26.8. The van der Waals surface area contributed by atoms with Gasteiger partial charge in [-0.3, -0.25) is 9.59 Å². The molecule has 0 aliphatic rings. The van der Waals surface area contributed by atoms with Crippen LogP contribution >= 0.6 is 0 Å². The quantitative estimate of drug-likeness (QED) is 0.235. The Bertz CT molecular complexity index is 1030. The number of nitrogens with one attached hydrogen (secondary N) is 2. The molecule has 0 unspecified atom stereocenters. The van der Waals surface area contributed by atoms with Crippen LogP contribution in [0, 0.1) is 0 Å². The molecule has 0 spiro atoms. The van der Waals surface area contributed by atoms with E-state index in [1.54, 1.807) is 0 Å². The largest absolute Gasteiger partial charge is 0.573 e. The zero-order valence-electron chi connectivity index (χ0n) is 18.6. The summed E-state index contributed by atoms with van der Waals surface area (Å²) >= 11 is 0. The molecule has 0 saturated heterocycles. The number of aliphatic hydroxyl groups is 1. The van der Waals surface area contributed by atoms with Crippen molar-refractivity contribution in [2.24, 2.45) is 0 Å². The smallest absolute Gasteiger partial charge is 0.494 e. The second-order valence-electron chi connectivity index (χ2n) is 7.20. The van der Waals surface area contributed by atoms with E-state index in [1.807, 2.05) is 0 Å². The number of alkyl halides is 6. The van der Waals surface area contributed by atoms with Crippen LogP contribution in [-0.2, 0) is 4.79 Å². The SMILES string of the molecule is O=C(NCCO)/C(=C/c1ccc(OC(F)(F)F)cc1)NC(=O)c1ccc(OCCCC(F)(F)F)cc1. The van der Waals surface area contributed by atoms with Gasteiger partial charge in [-0.05, 0) is 54.5 Å². The third kappa shape index (κ3) is 10.7. The molecular formula is C23H22F6N2O5. The van der Waals surface area contributed by atoms with Gasteiger partial charge in [0.2, 0.25) is 0 Å². The molecular weight excluding hydrogens is 498 g/mol. The van der Waals surface area contributed by atoms with Crippen LogP contribution in [0.1, 0.15) is 28.8 Å². The lowest BCUT2D eigenvalue weighted by Crippen LogP contribution is -2.36. The highest BCUT2D eigenvalue weighted by atomic mass is 19.4. The van der Waals surface area contributed by atoms with Gasteiger partial charge in [0.25, 0.3) is 11.8 Å². The summed E-state index contributed by atoms with van der Waals surface area (Å²) in [4.78, 5) is 25.0. The maximum atomic E-state index is 12.6. The summed E-state index contributed by atoms with van der Waals surface area (Å²) in [5, 5.41) is 13.7. The van der Waals surface area contributed by atoms with Gasteiger partial charge in [-0.15, -0.1) is 13.2 Å². The van der Waals surface area contributed by atoms with Crippen LogP contribution in [-0.4, -0.2) is 49.2 Å². The van der Waals surface area contributed by atoms with E-state index < -0.39 is 36.5 Å². The maximum absolute atomic E-state index is 12.6. The molecule has 0 heterocycles. The molecule has 0 aliphatic carbocycles. The Morgan fingerprint density at radius 3 is 2.08 bits per heavy atom. The number of hydrogen-bond donors (Lipinski definition) is 3. The van der Waals surface area contributed by atoms with Crippen molar-refractivity contribution in [1.82, 2.24) is 10.6 Å². The van der Waals surface area contributed by atoms with Crippen molar-refractivity contribution in [3.8, 4) is 11.5 Å². The third-order valence-corrected chi connectivity index (χ3v) is 4.30. The number of rotatable bonds is 11. The molecule has 2 amide bonds. The van der Waals surface area contributed by atoms with E-state index in [0.717, 1.165) is 12.1 Å². The van der Waals surface area contributed by atoms with Gasteiger partial charge in [0, 0.05) is 18.5 Å². The van der Waals surface area contributed by atoms with Gasteiger partial charge >= 0.3 is 12.5 Å². The molecule has 0 saturated carbocycles. The highest BCUT2D eigenvalue weighted by Crippen LogP contribution is 2.24. The van der Waals surface area contributed by atoms with Crippen LogP contribution in [0.25, 0.3) is 6.08 Å². The van der Waals surface area contributed by atoms with E-state index in [-0.39, 0.29) is 48.8 Å². The van der Waals surface area contributed by atoms with Crippen LogP contribution in [0.15, 0.2) is 54.2 Å². The first kappa shape index (κ1) is 28.5. The highest BCUT2D eigenvalue weighted by Gasteiger charge is 2.31. The van der Waals surface area contributed by atoms with Gasteiger partial charge in [-0.1, -0.05) is 12.1 Å². The van der Waals surface area contributed by atoms with E-state index >= 15 is 0 Å². The number of carbonyl (C=O) groups excluding carboxylic acids is 2. The predicted octanol–water partition coefficient (Wildman–Crippen LogP) is 4.19. The van der Waals surface area contributed by atoms with Crippen molar-refractivity contribution in [3.05, 3.63) is 65.4 Å². The third-order valence-electron chi connectivity index (χ3n) is 4.30. The van der Waals surface area contributed by atoms with E-state index in [4.69, 9.17) is 9.84 Å². The molecule has 2 aromatic rings. The summed E-state index contributed by atoms with van der Waals surface area (Å²) in [5.74, 6) is -1.72. The minimum Gasteiger partial charge on any atom is -0.494 e. The Morgan fingerprint density at radius 1 is 0.917 bits per heavy atom. The molecule has 2 rings (SSSR count). The van der Waals surface area contributed by atoms with E-state index in [9.17, 15) is 35.9 Å². The fourth-order valence-corrected chi connectivity index (χ4v) is 2.72. The first-order chi connectivity index (χ1) is 16.9. The monoisotopic (exact) mass is 520 g/mol. The number of carbonyl (C=O) groups is 2. The van der Waals surface area contributed by atoms with Gasteiger partial charge in [-0.25, -0.2) is 0 Å². The first-order valence-corrected chi connectivity index (χ1v) is 10.4. The normalized spacial score (nSPS) is 12.1. The second kappa shape index (κ2) is 12.8. The molecule has 2 aromatic carbocycles. The zero-order valence-corrected chi connectivity index (χ0v) is 18.6. The molecule has 3 N–H and O–H groups in total. The number of aliphatic hydroxyl groups excluding tert-OH is 1. The molecule has 36 heavy (non-hydrogen) atoms. The lowest BCUT2D eigenvalue weighted by Gasteiger charge is -2.12. The summed E-state index contributed by atoms with van der Waals surface area (Å²) in [6, 6.07) is 9.93. The number of benzene rings is 2. The molecule has 196 valence electrons. The van der Waals surface area contributed by atoms with Gasteiger partial charge < -0.3 is 25.2 Å². The minimum atomic E-state index is -4.87. The topological polar surface area (TPSA) is 96.9 Å². The van der Waals surface area contributed by atoms with Crippen molar-refractivity contribution in [2.45, 2.75) is 25.4 Å². The highest BCUT2D eigenvalue weighted by molar-refractivity contribution is 6.05. The minimum absolute atomic E-state index is 0.0902. The molecule has 0 fully saturated rings. The Kier molecular flexibility index (Phi) is 10.1. The lowest BCUT2D eigenvalue weighted by molar-refractivity contribution is -0.274. The van der Waals surface area contributed by atoms with Crippen LogP contribution in [0.3, 0.4) is 0 Å². The van der Waals surface area contributed by atoms with Crippen molar-refractivity contribution >= 4 is 17.9 Å². The second-order valence-corrected chi connectivity index (χ2v) is 7.20. The lowest BCUT2D eigenvalue weighted by atomic mass is 10.1. The summed E-state index contributed by atoms with van der Waals surface area (Å²) in [7, 11) is 0. The molecule has 0 aromatic heterocycles. The van der Waals surface area contributed by atoms with Gasteiger partial charge in [0.1, 0.15) is 17.2 Å². The summed E-state index contributed by atoms with van der Waals surface area (Å²) in [6.45, 7) is -0.665. The summed E-state index contributed by atoms with van der Waals surface area (Å²) in [5.41, 5.74) is 0.0967.